The van der Waals surface area contributed by atoms with Crippen LogP contribution in [0.3, 0.4) is 0 Å². The molecule has 0 aliphatic carbocycles. The molecule has 2 aromatic carbocycles. The Labute approximate surface area is 172 Å². The third-order valence-corrected chi connectivity index (χ3v) is 5.63. The average molecular weight is 413 g/mol. The number of para-hydroxylation sites is 1. The van der Waals surface area contributed by atoms with Crippen LogP contribution in [-0.2, 0) is 23.5 Å². The number of nitrogens with two attached hydrogens (primary N) is 1. The minimum atomic E-state index is -1.97. The van der Waals surface area contributed by atoms with Crippen LogP contribution in [0.15, 0.2) is 48.5 Å². The molecule has 1 aromatic heterocycles. The van der Waals surface area contributed by atoms with Crippen LogP contribution >= 0.6 is 11.6 Å². The molecule has 0 saturated heterocycles. The Kier molecular flexibility index (Phi) is 4.82. The van der Waals surface area contributed by atoms with E-state index >= 15 is 0 Å². The summed E-state index contributed by atoms with van der Waals surface area (Å²) in [5.41, 5.74) is 6.73. The van der Waals surface area contributed by atoms with Gasteiger partial charge in [-0.15, -0.1) is 0 Å². The monoisotopic (exact) mass is 412 g/mol. The molecular formula is C21H21ClN4O3. The zero-order chi connectivity index (χ0) is 20.8. The van der Waals surface area contributed by atoms with E-state index in [1.807, 2.05) is 24.3 Å². The highest BCUT2D eigenvalue weighted by atomic mass is 35.5. The summed E-state index contributed by atoms with van der Waals surface area (Å²) in [4.78, 5) is 15.1. The van der Waals surface area contributed by atoms with E-state index in [4.69, 9.17) is 17.3 Å². The normalized spacial score (nSPS) is 18.3. The second-order valence-corrected chi connectivity index (χ2v) is 7.41. The standard InChI is InChI=1S/C21H21ClN4O3/c1-13-18(19(23)26(24-13)10-11-27)21(29)15-7-3-5-9-17(15)25(20(21)28)12-14-6-2-4-8-16(14)22/h2-9,27,29H,10-12,23H2,1H3/t21-/m1/s1. The number of aliphatic hydroxyl groups is 2. The van der Waals surface area contributed by atoms with Crippen molar-refractivity contribution in [1.29, 1.82) is 0 Å². The summed E-state index contributed by atoms with van der Waals surface area (Å²) in [6.45, 7) is 1.90. The molecule has 0 spiro atoms. The van der Waals surface area contributed by atoms with Crippen molar-refractivity contribution < 1.29 is 15.0 Å². The van der Waals surface area contributed by atoms with Gasteiger partial charge in [0.1, 0.15) is 5.82 Å². The molecule has 150 valence electrons. The number of nitrogens with zero attached hydrogens (tertiary/aromatic N) is 3. The number of hydrogen-bond acceptors (Lipinski definition) is 5. The fraction of sp³-hybridized carbons (Fsp3) is 0.238. The number of benzene rings is 2. The van der Waals surface area contributed by atoms with Gasteiger partial charge in [0.2, 0.25) is 5.60 Å². The quantitative estimate of drug-likeness (QED) is 0.596. The van der Waals surface area contributed by atoms with Crippen molar-refractivity contribution in [2.75, 3.05) is 17.2 Å². The maximum atomic E-state index is 13.6. The van der Waals surface area contributed by atoms with E-state index in [9.17, 15) is 15.0 Å². The van der Waals surface area contributed by atoms with Gasteiger partial charge in [0.25, 0.3) is 5.91 Å². The van der Waals surface area contributed by atoms with Crippen molar-refractivity contribution in [3.05, 3.63) is 75.9 Å². The van der Waals surface area contributed by atoms with E-state index in [0.717, 1.165) is 5.56 Å². The highest BCUT2D eigenvalue weighted by Crippen LogP contribution is 2.47. The van der Waals surface area contributed by atoms with E-state index in [0.29, 0.717) is 22.0 Å². The molecule has 2 heterocycles. The predicted molar refractivity (Wildman–Crippen MR) is 111 cm³/mol. The lowest BCUT2D eigenvalue weighted by Gasteiger charge is -2.24. The van der Waals surface area contributed by atoms with Gasteiger partial charge in [0.05, 0.1) is 36.6 Å². The molecule has 4 rings (SSSR count). The Bertz CT molecular complexity index is 1100. The Morgan fingerprint density at radius 3 is 2.59 bits per heavy atom. The fourth-order valence-corrected chi connectivity index (χ4v) is 4.14. The van der Waals surface area contributed by atoms with Crippen molar-refractivity contribution in [2.24, 2.45) is 0 Å². The summed E-state index contributed by atoms with van der Waals surface area (Å²) in [6, 6.07) is 14.3. The van der Waals surface area contributed by atoms with Gasteiger partial charge in [-0.05, 0) is 24.6 Å². The number of nitrogen functional groups attached to an aromatic ring is 1. The SMILES string of the molecule is Cc1nn(CCO)c(N)c1[C@@]1(O)C(=O)N(Cc2ccccc2Cl)c2ccccc21. The number of amides is 1. The number of carbonyl (C=O) groups excluding carboxylic acids is 1. The summed E-state index contributed by atoms with van der Waals surface area (Å²) < 4.78 is 1.40. The van der Waals surface area contributed by atoms with Crippen LogP contribution in [0.25, 0.3) is 0 Å². The number of anilines is 2. The van der Waals surface area contributed by atoms with Gasteiger partial charge in [0.15, 0.2) is 0 Å². The molecule has 0 fully saturated rings. The van der Waals surface area contributed by atoms with Gasteiger partial charge in [0, 0.05) is 10.6 Å². The number of rotatable bonds is 5. The summed E-state index contributed by atoms with van der Waals surface area (Å²) in [6.07, 6.45) is 0. The predicted octanol–water partition coefficient (Wildman–Crippen LogP) is 2.20. The zero-order valence-electron chi connectivity index (χ0n) is 15.8. The summed E-state index contributed by atoms with van der Waals surface area (Å²) in [5, 5.41) is 25.8. The first kappa shape index (κ1) is 19.4. The van der Waals surface area contributed by atoms with Gasteiger partial charge in [-0.2, -0.15) is 5.10 Å². The van der Waals surface area contributed by atoms with Crippen molar-refractivity contribution in [3.8, 4) is 0 Å². The molecular weight excluding hydrogens is 392 g/mol. The topological polar surface area (TPSA) is 105 Å². The molecule has 1 amide bonds. The van der Waals surface area contributed by atoms with E-state index in [1.54, 1.807) is 31.2 Å². The Morgan fingerprint density at radius 1 is 1.17 bits per heavy atom. The number of carbonyl (C=O) groups is 1. The first-order chi connectivity index (χ1) is 13.9. The minimum Gasteiger partial charge on any atom is -0.394 e. The van der Waals surface area contributed by atoms with Crippen molar-refractivity contribution in [2.45, 2.75) is 25.6 Å². The highest BCUT2D eigenvalue weighted by molar-refractivity contribution is 6.31. The number of aliphatic hydroxyl groups excluding tert-OH is 1. The first-order valence-corrected chi connectivity index (χ1v) is 9.58. The molecule has 29 heavy (non-hydrogen) atoms. The second kappa shape index (κ2) is 7.18. The Balaban J connectivity index is 1.86. The molecule has 1 aliphatic heterocycles. The molecule has 0 bridgehead atoms. The molecule has 7 nitrogen and oxygen atoms in total. The fourth-order valence-electron chi connectivity index (χ4n) is 3.94. The third-order valence-electron chi connectivity index (χ3n) is 5.27. The van der Waals surface area contributed by atoms with Crippen LogP contribution in [0.4, 0.5) is 11.5 Å². The van der Waals surface area contributed by atoms with Crippen molar-refractivity contribution in [3.63, 3.8) is 0 Å². The molecule has 1 atom stereocenters. The lowest BCUT2D eigenvalue weighted by molar-refractivity contribution is -0.132. The molecule has 0 radical (unpaired) electrons. The molecule has 1 aliphatic rings. The number of halogens is 1. The van der Waals surface area contributed by atoms with Gasteiger partial charge in [-0.3, -0.25) is 4.79 Å². The molecule has 0 saturated carbocycles. The molecule has 4 N–H and O–H groups in total. The lowest BCUT2D eigenvalue weighted by atomic mass is 9.87. The molecule has 0 unspecified atom stereocenters. The first-order valence-electron chi connectivity index (χ1n) is 9.21. The van der Waals surface area contributed by atoms with Crippen LogP contribution in [0, 0.1) is 6.92 Å². The highest BCUT2D eigenvalue weighted by Gasteiger charge is 2.53. The average Bonchev–Trinajstić information content (AvgIpc) is 3.10. The Hall–Kier alpha value is -2.87. The van der Waals surface area contributed by atoms with Crippen LogP contribution in [0.1, 0.15) is 22.4 Å². The minimum absolute atomic E-state index is 0.154. The van der Waals surface area contributed by atoms with Gasteiger partial charge >= 0.3 is 0 Å². The third kappa shape index (κ3) is 2.90. The van der Waals surface area contributed by atoms with Crippen LogP contribution in [0.5, 0.6) is 0 Å². The Morgan fingerprint density at radius 2 is 1.86 bits per heavy atom. The van der Waals surface area contributed by atoms with E-state index in [1.165, 1.54) is 9.58 Å². The number of aromatic nitrogens is 2. The summed E-state index contributed by atoms with van der Waals surface area (Å²) in [5.74, 6) is -0.362. The largest absolute Gasteiger partial charge is 0.394 e. The van der Waals surface area contributed by atoms with Crippen molar-refractivity contribution in [1.82, 2.24) is 9.78 Å². The maximum absolute atomic E-state index is 13.6. The number of fused-ring (bicyclic) bond motifs is 1. The second-order valence-electron chi connectivity index (χ2n) is 7.00. The van der Waals surface area contributed by atoms with Crippen LogP contribution < -0.4 is 10.6 Å². The molecule has 8 heteroatoms. The maximum Gasteiger partial charge on any atom is 0.269 e. The smallest absolute Gasteiger partial charge is 0.269 e. The lowest BCUT2D eigenvalue weighted by Crippen LogP contribution is -2.41. The van der Waals surface area contributed by atoms with Gasteiger partial charge in [-0.25, -0.2) is 4.68 Å². The zero-order valence-corrected chi connectivity index (χ0v) is 16.6. The van der Waals surface area contributed by atoms with E-state index in [-0.39, 0.29) is 31.1 Å². The van der Waals surface area contributed by atoms with Gasteiger partial charge < -0.3 is 20.8 Å². The van der Waals surface area contributed by atoms with Gasteiger partial charge in [-0.1, -0.05) is 48.0 Å². The number of hydrogen-bond donors (Lipinski definition) is 3. The summed E-state index contributed by atoms with van der Waals surface area (Å²) >= 11 is 6.30. The van der Waals surface area contributed by atoms with Crippen molar-refractivity contribution >= 4 is 29.0 Å². The number of aryl methyl sites for hydroxylation is 1. The van der Waals surface area contributed by atoms with Crippen LogP contribution in [-0.4, -0.2) is 32.5 Å². The van der Waals surface area contributed by atoms with E-state index < -0.39 is 11.5 Å². The molecule has 3 aromatic rings. The summed E-state index contributed by atoms with van der Waals surface area (Å²) in [7, 11) is 0. The van der Waals surface area contributed by atoms with E-state index in [2.05, 4.69) is 5.10 Å². The van der Waals surface area contributed by atoms with Crippen LogP contribution in [0.2, 0.25) is 5.02 Å².